The van der Waals surface area contributed by atoms with Gasteiger partial charge in [-0.05, 0) is 37.5 Å². The molecule has 0 saturated carbocycles. The highest BCUT2D eigenvalue weighted by molar-refractivity contribution is 7.99. The Morgan fingerprint density at radius 2 is 2.09 bits per heavy atom. The number of rotatable bonds is 10. The van der Waals surface area contributed by atoms with E-state index >= 15 is 0 Å². The van der Waals surface area contributed by atoms with Crippen molar-refractivity contribution >= 4 is 29.3 Å². The molecule has 0 aliphatic rings. The molecule has 1 atom stereocenters. The van der Waals surface area contributed by atoms with Crippen LogP contribution in [0.3, 0.4) is 0 Å². The Morgan fingerprint density at radius 3 is 2.68 bits per heavy atom. The lowest BCUT2D eigenvalue weighted by molar-refractivity contribution is -0.137. The maximum absolute atomic E-state index is 11.4. The van der Waals surface area contributed by atoms with Crippen LogP contribution in [0.5, 0.6) is 5.75 Å². The summed E-state index contributed by atoms with van der Waals surface area (Å²) in [4.78, 5) is 11.4. The van der Waals surface area contributed by atoms with Crippen molar-refractivity contribution in [2.45, 2.75) is 30.8 Å². The second kappa shape index (κ2) is 11.4. The predicted octanol–water partition coefficient (Wildman–Crippen LogP) is 4.44. The third kappa shape index (κ3) is 7.76. The molecule has 0 aliphatic carbocycles. The first-order chi connectivity index (χ1) is 10.7. The molecule has 1 rings (SSSR count). The molecular formula is C17H23ClO3S. The minimum absolute atomic E-state index is 0.255. The first-order valence-electron chi connectivity index (χ1n) is 7.35. The van der Waals surface area contributed by atoms with Gasteiger partial charge in [-0.25, -0.2) is 4.79 Å². The smallest absolute Gasteiger partial charge is 0.330 e. The van der Waals surface area contributed by atoms with Crippen LogP contribution in [-0.2, 0) is 15.3 Å². The van der Waals surface area contributed by atoms with Crippen LogP contribution in [0, 0.1) is 0 Å². The number of thioether (sulfide) groups is 1. The van der Waals surface area contributed by atoms with Crippen molar-refractivity contribution < 1.29 is 14.3 Å². The highest BCUT2D eigenvalue weighted by atomic mass is 35.5. The molecule has 3 nitrogen and oxygen atoms in total. The molecule has 0 unspecified atom stereocenters. The molecule has 22 heavy (non-hydrogen) atoms. The van der Waals surface area contributed by atoms with Gasteiger partial charge in [0.05, 0.1) is 13.7 Å². The average molecular weight is 343 g/mol. The molecule has 0 bridgehead atoms. The number of hydrogen-bond acceptors (Lipinski definition) is 4. The molecule has 0 saturated heterocycles. The highest BCUT2D eigenvalue weighted by Crippen LogP contribution is 2.24. The third-order valence-corrected chi connectivity index (χ3v) is 4.57. The van der Waals surface area contributed by atoms with Crippen molar-refractivity contribution in [2.24, 2.45) is 0 Å². The maximum atomic E-state index is 11.4. The number of benzene rings is 1. The van der Waals surface area contributed by atoms with Crippen molar-refractivity contribution in [1.29, 1.82) is 0 Å². The van der Waals surface area contributed by atoms with Crippen LogP contribution in [0.4, 0.5) is 0 Å². The van der Waals surface area contributed by atoms with E-state index in [0.717, 1.165) is 24.3 Å². The zero-order valence-corrected chi connectivity index (χ0v) is 14.7. The standard InChI is InChI=1S/C17H23ClO3S/c1-3-21-17(19)11-10-16(5-4-12-18)22-13-14-6-8-15(20-2)9-7-14/h6-11,16H,3-5,12-13H2,1-2H3/b11-10+/t16-/m1/s1. The third-order valence-electron chi connectivity index (χ3n) is 2.98. The molecule has 0 N–H and O–H groups in total. The number of ether oxygens (including phenoxy) is 2. The van der Waals surface area contributed by atoms with E-state index in [4.69, 9.17) is 21.1 Å². The van der Waals surface area contributed by atoms with Gasteiger partial charge in [0.25, 0.3) is 0 Å². The van der Waals surface area contributed by atoms with E-state index in [1.54, 1.807) is 25.8 Å². The molecule has 0 aliphatic heterocycles. The van der Waals surface area contributed by atoms with Crippen LogP contribution >= 0.6 is 23.4 Å². The summed E-state index contributed by atoms with van der Waals surface area (Å²) in [5.74, 6) is 2.08. The zero-order valence-electron chi connectivity index (χ0n) is 13.1. The fraction of sp³-hybridized carbons (Fsp3) is 0.471. The lowest BCUT2D eigenvalue weighted by atomic mass is 10.2. The molecule has 0 fully saturated rings. The fourth-order valence-corrected chi connectivity index (χ4v) is 3.09. The van der Waals surface area contributed by atoms with Crippen LogP contribution in [-0.4, -0.2) is 30.8 Å². The van der Waals surface area contributed by atoms with Crippen LogP contribution in [0.15, 0.2) is 36.4 Å². The summed E-state index contributed by atoms with van der Waals surface area (Å²) >= 11 is 7.56. The molecular weight excluding hydrogens is 320 g/mol. The van der Waals surface area contributed by atoms with Crippen LogP contribution in [0.1, 0.15) is 25.3 Å². The lowest BCUT2D eigenvalue weighted by Crippen LogP contribution is -2.04. The van der Waals surface area contributed by atoms with Gasteiger partial charge in [0.1, 0.15) is 5.75 Å². The Balaban J connectivity index is 2.53. The van der Waals surface area contributed by atoms with Crippen molar-refractivity contribution in [3.05, 3.63) is 42.0 Å². The Kier molecular flexibility index (Phi) is 9.84. The maximum Gasteiger partial charge on any atom is 0.330 e. The number of halogens is 1. The van der Waals surface area contributed by atoms with Gasteiger partial charge in [-0.1, -0.05) is 18.2 Å². The van der Waals surface area contributed by atoms with Crippen LogP contribution in [0.25, 0.3) is 0 Å². The molecule has 0 radical (unpaired) electrons. The number of esters is 1. The molecule has 5 heteroatoms. The monoisotopic (exact) mass is 342 g/mol. The van der Waals surface area contributed by atoms with Gasteiger partial charge in [0, 0.05) is 23.0 Å². The van der Waals surface area contributed by atoms with E-state index in [0.29, 0.717) is 12.5 Å². The summed E-state index contributed by atoms with van der Waals surface area (Å²) in [6, 6.07) is 8.02. The van der Waals surface area contributed by atoms with Crippen molar-refractivity contribution in [3.63, 3.8) is 0 Å². The van der Waals surface area contributed by atoms with E-state index in [1.807, 2.05) is 18.2 Å². The SMILES string of the molecule is CCOC(=O)/C=C/[C@@H](CCCCl)SCc1ccc(OC)cc1. The normalized spacial score (nSPS) is 12.3. The second-order valence-corrected chi connectivity index (χ2v) is 6.25. The molecule has 0 amide bonds. The number of carbonyl (C=O) groups is 1. The summed E-state index contributed by atoms with van der Waals surface area (Å²) in [5, 5.41) is 0.255. The van der Waals surface area contributed by atoms with Crippen molar-refractivity contribution in [3.8, 4) is 5.75 Å². The van der Waals surface area contributed by atoms with Gasteiger partial charge >= 0.3 is 5.97 Å². The van der Waals surface area contributed by atoms with Crippen LogP contribution in [0.2, 0.25) is 0 Å². The number of alkyl halides is 1. The Bertz CT molecular complexity index is 459. The molecule has 0 heterocycles. The van der Waals surface area contributed by atoms with Gasteiger partial charge in [-0.3, -0.25) is 0 Å². The van der Waals surface area contributed by atoms with E-state index in [1.165, 1.54) is 11.6 Å². The molecule has 1 aromatic rings. The first kappa shape index (κ1) is 18.9. The Hall–Kier alpha value is -1.13. The first-order valence-corrected chi connectivity index (χ1v) is 8.93. The second-order valence-electron chi connectivity index (χ2n) is 4.64. The van der Waals surface area contributed by atoms with Crippen molar-refractivity contribution in [1.82, 2.24) is 0 Å². The van der Waals surface area contributed by atoms with Gasteiger partial charge in [-0.15, -0.1) is 23.4 Å². The summed E-state index contributed by atoms with van der Waals surface area (Å²) in [7, 11) is 1.66. The predicted molar refractivity (Wildman–Crippen MR) is 93.8 cm³/mol. The average Bonchev–Trinajstić information content (AvgIpc) is 2.55. The molecule has 1 aromatic carbocycles. The molecule has 122 valence electrons. The van der Waals surface area contributed by atoms with Gasteiger partial charge < -0.3 is 9.47 Å². The van der Waals surface area contributed by atoms with E-state index in [-0.39, 0.29) is 11.2 Å². The van der Waals surface area contributed by atoms with E-state index in [9.17, 15) is 4.79 Å². The number of carbonyl (C=O) groups excluding carboxylic acids is 1. The summed E-state index contributed by atoms with van der Waals surface area (Å²) in [5.41, 5.74) is 1.23. The zero-order chi connectivity index (χ0) is 16.2. The minimum atomic E-state index is -0.288. The Labute approximate surface area is 142 Å². The molecule has 0 aromatic heterocycles. The topological polar surface area (TPSA) is 35.5 Å². The van der Waals surface area contributed by atoms with Gasteiger partial charge in [0.2, 0.25) is 0 Å². The largest absolute Gasteiger partial charge is 0.497 e. The highest BCUT2D eigenvalue weighted by Gasteiger charge is 2.07. The van der Waals surface area contributed by atoms with E-state index in [2.05, 4.69) is 12.1 Å². The summed E-state index contributed by atoms with van der Waals surface area (Å²) < 4.78 is 10.1. The number of hydrogen-bond donors (Lipinski definition) is 0. The summed E-state index contributed by atoms with van der Waals surface area (Å²) in [6.07, 6.45) is 5.30. The summed E-state index contributed by atoms with van der Waals surface area (Å²) in [6.45, 7) is 2.20. The minimum Gasteiger partial charge on any atom is -0.497 e. The quantitative estimate of drug-likeness (QED) is 0.358. The van der Waals surface area contributed by atoms with Gasteiger partial charge in [0.15, 0.2) is 0 Å². The lowest BCUT2D eigenvalue weighted by Gasteiger charge is -2.12. The van der Waals surface area contributed by atoms with E-state index < -0.39 is 0 Å². The number of methoxy groups -OCH3 is 1. The Morgan fingerprint density at radius 1 is 1.36 bits per heavy atom. The fourth-order valence-electron chi connectivity index (χ4n) is 1.81. The molecule has 0 spiro atoms. The van der Waals surface area contributed by atoms with Gasteiger partial charge in [-0.2, -0.15) is 0 Å². The van der Waals surface area contributed by atoms with Crippen LogP contribution < -0.4 is 4.74 Å². The van der Waals surface area contributed by atoms with Crippen molar-refractivity contribution in [2.75, 3.05) is 19.6 Å².